The van der Waals surface area contributed by atoms with Gasteiger partial charge in [0.1, 0.15) is 0 Å². The molecule has 1 saturated carbocycles. The van der Waals surface area contributed by atoms with E-state index in [0.717, 1.165) is 5.92 Å². The molecule has 0 bridgehead atoms. The molecule has 1 aliphatic carbocycles. The number of hydrogen-bond donors (Lipinski definition) is 1. The van der Waals surface area contributed by atoms with Crippen molar-refractivity contribution in [3.8, 4) is 0 Å². The Labute approximate surface area is 97.8 Å². The van der Waals surface area contributed by atoms with Gasteiger partial charge in [-0.1, -0.05) is 78.6 Å². The van der Waals surface area contributed by atoms with Crippen LogP contribution in [0.4, 0.5) is 0 Å². The van der Waals surface area contributed by atoms with Gasteiger partial charge in [0.25, 0.3) is 0 Å². The Balaban J connectivity index is 0. The fourth-order valence-corrected chi connectivity index (χ4v) is 2.16. The standard InChI is InChI=1S/C11H22.C2H6.CH5N/c1-2-3-4-5-8-11-9-6-7-10-11;2*1-2/h11H,2-10H2,1H3;1-2H3;2H2,1H3. The van der Waals surface area contributed by atoms with Gasteiger partial charge in [0.2, 0.25) is 0 Å². The van der Waals surface area contributed by atoms with Crippen LogP contribution in [0.5, 0.6) is 0 Å². The van der Waals surface area contributed by atoms with Crippen molar-refractivity contribution in [2.75, 3.05) is 7.05 Å². The van der Waals surface area contributed by atoms with Crippen molar-refractivity contribution in [2.45, 2.75) is 78.6 Å². The molecule has 1 heteroatoms. The first kappa shape index (κ1) is 17.4. The van der Waals surface area contributed by atoms with E-state index in [4.69, 9.17) is 0 Å². The summed E-state index contributed by atoms with van der Waals surface area (Å²) in [4.78, 5) is 0. The van der Waals surface area contributed by atoms with Gasteiger partial charge in [0.15, 0.2) is 0 Å². The van der Waals surface area contributed by atoms with E-state index in [1.165, 1.54) is 64.8 Å². The number of rotatable bonds is 5. The van der Waals surface area contributed by atoms with E-state index < -0.39 is 0 Å². The molecule has 2 N–H and O–H groups in total. The Morgan fingerprint density at radius 1 is 0.933 bits per heavy atom. The summed E-state index contributed by atoms with van der Waals surface area (Å²) in [6.07, 6.45) is 13.4. The molecule has 0 heterocycles. The summed E-state index contributed by atoms with van der Waals surface area (Å²) in [7, 11) is 1.50. The summed E-state index contributed by atoms with van der Waals surface area (Å²) >= 11 is 0. The van der Waals surface area contributed by atoms with Crippen LogP contribution in [0.2, 0.25) is 0 Å². The van der Waals surface area contributed by atoms with Gasteiger partial charge in [-0.2, -0.15) is 0 Å². The van der Waals surface area contributed by atoms with Crippen molar-refractivity contribution in [3.63, 3.8) is 0 Å². The Kier molecular flexibility index (Phi) is 19.0. The van der Waals surface area contributed by atoms with E-state index in [9.17, 15) is 0 Å². The highest BCUT2D eigenvalue weighted by Crippen LogP contribution is 2.29. The second-order valence-corrected chi connectivity index (χ2v) is 4.00. The smallest absolute Gasteiger partial charge is 0.0195 e. The molecule has 0 atom stereocenters. The van der Waals surface area contributed by atoms with Gasteiger partial charge < -0.3 is 5.73 Å². The number of nitrogens with two attached hydrogens (primary N) is 1. The minimum Gasteiger partial charge on any atom is -0.333 e. The Bertz CT molecular complexity index is 85.3. The predicted octanol–water partition coefficient (Wildman–Crippen LogP) is 4.75. The van der Waals surface area contributed by atoms with E-state index in [0.29, 0.717) is 0 Å². The summed E-state index contributed by atoms with van der Waals surface area (Å²) in [6.45, 7) is 6.29. The van der Waals surface area contributed by atoms with Crippen LogP contribution in [0, 0.1) is 5.92 Å². The third-order valence-corrected chi connectivity index (χ3v) is 2.94. The molecule has 0 aromatic rings. The van der Waals surface area contributed by atoms with E-state index in [1.54, 1.807) is 0 Å². The van der Waals surface area contributed by atoms with Crippen molar-refractivity contribution in [2.24, 2.45) is 11.7 Å². The first-order valence-corrected chi connectivity index (χ1v) is 7.01. The van der Waals surface area contributed by atoms with Crippen LogP contribution < -0.4 is 5.73 Å². The number of unbranched alkanes of at least 4 members (excludes halogenated alkanes) is 3. The fraction of sp³-hybridized carbons (Fsp3) is 1.00. The number of hydrogen-bond acceptors (Lipinski definition) is 1. The molecule has 15 heavy (non-hydrogen) atoms. The molecule has 1 rings (SSSR count). The second kappa shape index (κ2) is 16.4. The van der Waals surface area contributed by atoms with Crippen molar-refractivity contribution < 1.29 is 0 Å². The predicted molar refractivity (Wildman–Crippen MR) is 72.2 cm³/mol. The van der Waals surface area contributed by atoms with Gasteiger partial charge in [-0.25, -0.2) is 0 Å². The lowest BCUT2D eigenvalue weighted by Crippen LogP contribution is -1.92. The van der Waals surface area contributed by atoms with Crippen molar-refractivity contribution in [1.29, 1.82) is 0 Å². The van der Waals surface area contributed by atoms with E-state index >= 15 is 0 Å². The summed E-state index contributed by atoms with van der Waals surface area (Å²) in [5.74, 6) is 1.12. The van der Waals surface area contributed by atoms with Crippen LogP contribution in [0.1, 0.15) is 78.6 Å². The maximum absolute atomic E-state index is 4.50. The molecule has 0 saturated heterocycles. The fourth-order valence-electron chi connectivity index (χ4n) is 2.16. The van der Waals surface area contributed by atoms with Crippen molar-refractivity contribution in [1.82, 2.24) is 0 Å². The van der Waals surface area contributed by atoms with Gasteiger partial charge in [-0.3, -0.25) is 0 Å². The first-order valence-electron chi connectivity index (χ1n) is 7.01. The van der Waals surface area contributed by atoms with Crippen LogP contribution in [-0.2, 0) is 0 Å². The molecule has 1 fully saturated rings. The minimum atomic E-state index is 1.12. The van der Waals surface area contributed by atoms with Gasteiger partial charge in [0, 0.05) is 0 Å². The van der Waals surface area contributed by atoms with Crippen LogP contribution in [0.3, 0.4) is 0 Å². The zero-order chi connectivity index (χ0) is 11.9. The molecular weight excluding hydrogens is 182 g/mol. The average Bonchev–Trinajstić information content (AvgIpc) is 2.83. The maximum atomic E-state index is 4.50. The minimum absolute atomic E-state index is 1.12. The first-order chi connectivity index (χ1) is 7.43. The monoisotopic (exact) mass is 215 g/mol. The second-order valence-electron chi connectivity index (χ2n) is 4.00. The van der Waals surface area contributed by atoms with Gasteiger partial charge in [-0.05, 0) is 13.0 Å². The molecule has 0 aromatic carbocycles. The van der Waals surface area contributed by atoms with Crippen LogP contribution in [0.25, 0.3) is 0 Å². The largest absolute Gasteiger partial charge is 0.333 e. The highest BCUT2D eigenvalue weighted by Gasteiger charge is 2.13. The molecule has 0 aliphatic heterocycles. The van der Waals surface area contributed by atoms with Gasteiger partial charge >= 0.3 is 0 Å². The Morgan fingerprint density at radius 3 is 1.93 bits per heavy atom. The Hall–Kier alpha value is -0.0400. The normalized spacial score (nSPS) is 15.0. The molecule has 0 spiro atoms. The highest BCUT2D eigenvalue weighted by atomic mass is 14.4. The molecule has 1 nitrogen and oxygen atoms in total. The molecule has 94 valence electrons. The summed E-state index contributed by atoms with van der Waals surface area (Å²) in [5, 5.41) is 0. The molecule has 0 amide bonds. The lowest BCUT2D eigenvalue weighted by atomic mass is 10.00. The van der Waals surface area contributed by atoms with E-state index in [-0.39, 0.29) is 0 Å². The van der Waals surface area contributed by atoms with Crippen LogP contribution in [-0.4, -0.2) is 7.05 Å². The lowest BCUT2D eigenvalue weighted by Gasteiger charge is -2.06. The zero-order valence-corrected chi connectivity index (χ0v) is 11.5. The average molecular weight is 215 g/mol. The molecule has 0 radical (unpaired) electrons. The van der Waals surface area contributed by atoms with Crippen LogP contribution in [0.15, 0.2) is 0 Å². The lowest BCUT2D eigenvalue weighted by molar-refractivity contribution is 0.467. The quantitative estimate of drug-likeness (QED) is 0.658. The van der Waals surface area contributed by atoms with Crippen molar-refractivity contribution >= 4 is 0 Å². The summed E-state index contributed by atoms with van der Waals surface area (Å²) in [5.41, 5.74) is 4.50. The molecule has 1 aliphatic rings. The molecular formula is C14H33N. The summed E-state index contributed by atoms with van der Waals surface area (Å²) < 4.78 is 0. The molecule has 0 aromatic heterocycles. The third kappa shape index (κ3) is 11.9. The maximum Gasteiger partial charge on any atom is -0.0195 e. The van der Waals surface area contributed by atoms with Crippen molar-refractivity contribution in [3.05, 3.63) is 0 Å². The van der Waals surface area contributed by atoms with Gasteiger partial charge in [-0.15, -0.1) is 0 Å². The van der Waals surface area contributed by atoms with Crippen LogP contribution >= 0.6 is 0 Å². The van der Waals surface area contributed by atoms with E-state index in [1.807, 2.05) is 13.8 Å². The SMILES string of the molecule is CC.CCCCCCC1CCCC1.CN. The third-order valence-electron chi connectivity index (χ3n) is 2.94. The topological polar surface area (TPSA) is 26.0 Å². The molecule has 0 unspecified atom stereocenters. The Morgan fingerprint density at radius 2 is 1.47 bits per heavy atom. The summed E-state index contributed by atoms with van der Waals surface area (Å²) in [6, 6.07) is 0. The van der Waals surface area contributed by atoms with E-state index in [2.05, 4.69) is 12.7 Å². The zero-order valence-electron chi connectivity index (χ0n) is 11.5. The van der Waals surface area contributed by atoms with Gasteiger partial charge in [0.05, 0.1) is 0 Å². The highest BCUT2D eigenvalue weighted by molar-refractivity contribution is 4.66.